The minimum atomic E-state index is -0.507. The van der Waals surface area contributed by atoms with Crippen LogP contribution < -0.4 is 4.74 Å². The molecule has 1 aromatic carbocycles. The Labute approximate surface area is 92.9 Å². The first-order chi connectivity index (χ1) is 7.69. The van der Waals surface area contributed by atoms with Gasteiger partial charge in [-0.2, -0.15) is 0 Å². The van der Waals surface area contributed by atoms with Gasteiger partial charge >= 0.3 is 0 Å². The predicted octanol–water partition coefficient (Wildman–Crippen LogP) is 1.93. The van der Waals surface area contributed by atoms with Crippen molar-refractivity contribution in [3.05, 3.63) is 29.6 Å². The zero-order chi connectivity index (χ0) is 11.5. The molecule has 0 bridgehead atoms. The van der Waals surface area contributed by atoms with Gasteiger partial charge < -0.3 is 9.84 Å². The molecule has 2 atom stereocenters. The summed E-state index contributed by atoms with van der Waals surface area (Å²) in [5.41, 5.74) is 0.238. The number of hydrogen-bond acceptors (Lipinski definition) is 3. The Morgan fingerprint density at radius 1 is 1.38 bits per heavy atom. The van der Waals surface area contributed by atoms with E-state index < -0.39 is 11.9 Å². The molecule has 1 aromatic rings. The number of rotatable bonds is 3. The largest absolute Gasteiger partial charge is 0.488 e. The van der Waals surface area contributed by atoms with Crippen molar-refractivity contribution in [1.29, 1.82) is 0 Å². The minimum Gasteiger partial charge on any atom is -0.488 e. The molecule has 1 N–H and O–H groups in total. The predicted molar refractivity (Wildman–Crippen MR) is 56.1 cm³/mol. The highest BCUT2D eigenvalue weighted by atomic mass is 19.1. The van der Waals surface area contributed by atoms with Crippen LogP contribution >= 0.6 is 0 Å². The van der Waals surface area contributed by atoms with Crippen molar-refractivity contribution >= 4 is 6.29 Å². The molecule has 1 aliphatic rings. The summed E-state index contributed by atoms with van der Waals surface area (Å²) in [5, 5.41) is 9.56. The average molecular weight is 224 g/mol. The summed E-state index contributed by atoms with van der Waals surface area (Å²) in [5.74, 6) is -0.208. The van der Waals surface area contributed by atoms with E-state index in [0.717, 1.165) is 18.9 Å². The highest BCUT2D eigenvalue weighted by molar-refractivity contribution is 5.75. The second-order valence-electron chi connectivity index (χ2n) is 3.99. The topological polar surface area (TPSA) is 46.5 Å². The number of ether oxygens (including phenoxy) is 1. The van der Waals surface area contributed by atoms with Crippen LogP contribution in [-0.2, 0) is 0 Å². The first-order valence-electron chi connectivity index (χ1n) is 5.29. The Morgan fingerprint density at radius 2 is 2.19 bits per heavy atom. The molecule has 3 nitrogen and oxygen atoms in total. The molecule has 2 unspecified atom stereocenters. The zero-order valence-corrected chi connectivity index (χ0v) is 8.73. The maximum Gasteiger partial charge on any atom is 0.150 e. The van der Waals surface area contributed by atoms with E-state index in [-0.39, 0.29) is 11.7 Å². The molecule has 0 spiro atoms. The SMILES string of the molecule is O=Cc1cc(F)cc(OC2CCCC2O)c1. The van der Waals surface area contributed by atoms with Gasteiger partial charge in [0.05, 0.1) is 6.10 Å². The van der Waals surface area contributed by atoms with Crippen LogP contribution in [0.5, 0.6) is 5.75 Å². The molecule has 1 aliphatic carbocycles. The van der Waals surface area contributed by atoms with Crippen LogP contribution in [0.4, 0.5) is 4.39 Å². The molecular weight excluding hydrogens is 211 g/mol. The van der Waals surface area contributed by atoms with Crippen molar-refractivity contribution in [3.8, 4) is 5.75 Å². The van der Waals surface area contributed by atoms with Crippen LogP contribution in [0.2, 0.25) is 0 Å². The number of aliphatic hydroxyl groups excluding tert-OH is 1. The first-order valence-corrected chi connectivity index (χ1v) is 5.29. The van der Waals surface area contributed by atoms with Crippen molar-refractivity contribution < 1.29 is 19.0 Å². The maximum atomic E-state index is 13.1. The van der Waals surface area contributed by atoms with Gasteiger partial charge in [-0.3, -0.25) is 4.79 Å². The molecule has 2 rings (SSSR count). The number of carbonyl (C=O) groups excluding carboxylic acids is 1. The number of benzene rings is 1. The smallest absolute Gasteiger partial charge is 0.150 e. The van der Waals surface area contributed by atoms with E-state index in [4.69, 9.17) is 4.74 Å². The molecular formula is C12H13FO3. The third-order valence-electron chi connectivity index (χ3n) is 2.73. The molecule has 1 fully saturated rings. The molecule has 0 amide bonds. The lowest BCUT2D eigenvalue weighted by Gasteiger charge is -2.17. The number of aldehydes is 1. The Balaban J connectivity index is 2.14. The maximum absolute atomic E-state index is 13.1. The lowest BCUT2D eigenvalue weighted by Crippen LogP contribution is -2.25. The number of halogens is 1. The molecule has 1 saturated carbocycles. The lowest BCUT2D eigenvalue weighted by molar-refractivity contribution is 0.0601. The highest BCUT2D eigenvalue weighted by Crippen LogP contribution is 2.25. The third kappa shape index (κ3) is 2.39. The van der Waals surface area contributed by atoms with E-state index >= 15 is 0 Å². The third-order valence-corrected chi connectivity index (χ3v) is 2.73. The molecule has 4 heteroatoms. The van der Waals surface area contributed by atoms with Gasteiger partial charge in [-0.15, -0.1) is 0 Å². The molecule has 0 radical (unpaired) electrons. The van der Waals surface area contributed by atoms with Crippen LogP contribution in [0.1, 0.15) is 29.6 Å². The number of aliphatic hydroxyl groups is 1. The van der Waals surface area contributed by atoms with Gasteiger partial charge in [0.2, 0.25) is 0 Å². The van der Waals surface area contributed by atoms with Crippen molar-refractivity contribution in [2.24, 2.45) is 0 Å². The second-order valence-corrected chi connectivity index (χ2v) is 3.99. The first kappa shape index (κ1) is 11.1. The van der Waals surface area contributed by atoms with Crippen LogP contribution in [0.25, 0.3) is 0 Å². The fourth-order valence-corrected chi connectivity index (χ4v) is 1.94. The van der Waals surface area contributed by atoms with Gasteiger partial charge in [0, 0.05) is 11.6 Å². The van der Waals surface area contributed by atoms with Crippen molar-refractivity contribution in [1.82, 2.24) is 0 Å². The Kier molecular flexibility index (Phi) is 3.19. The van der Waals surface area contributed by atoms with Crippen molar-refractivity contribution in [2.75, 3.05) is 0 Å². The summed E-state index contributed by atoms with van der Waals surface area (Å²) in [6.07, 6.45) is 2.15. The molecule has 86 valence electrons. The standard InChI is InChI=1S/C12H13FO3/c13-9-4-8(7-14)5-10(6-9)16-12-3-1-2-11(12)15/h4-7,11-12,15H,1-3H2. The molecule has 0 heterocycles. The Morgan fingerprint density at radius 3 is 2.81 bits per heavy atom. The summed E-state index contributed by atoms with van der Waals surface area (Å²) in [7, 11) is 0. The number of carbonyl (C=O) groups is 1. The van der Waals surface area contributed by atoms with Gasteiger partial charge in [0.25, 0.3) is 0 Å². The minimum absolute atomic E-state index is 0.238. The normalized spacial score (nSPS) is 24.4. The quantitative estimate of drug-likeness (QED) is 0.798. The van der Waals surface area contributed by atoms with E-state index in [9.17, 15) is 14.3 Å². The highest BCUT2D eigenvalue weighted by Gasteiger charge is 2.27. The summed E-state index contributed by atoms with van der Waals surface area (Å²) < 4.78 is 18.5. The van der Waals surface area contributed by atoms with E-state index in [0.29, 0.717) is 18.5 Å². The summed E-state index contributed by atoms with van der Waals surface area (Å²) in [4.78, 5) is 10.5. The number of hydrogen-bond donors (Lipinski definition) is 1. The van der Waals surface area contributed by atoms with Crippen LogP contribution in [-0.4, -0.2) is 23.6 Å². The van der Waals surface area contributed by atoms with Crippen LogP contribution in [0.15, 0.2) is 18.2 Å². The van der Waals surface area contributed by atoms with Gasteiger partial charge in [-0.25, -0.2) is 4.39 Å². The fourth-order valence-electron chi connectivity index (χ4n) is 1.94. The second kappa shape index (κ2) is 4.61. The monoisotopic (exact) mass is 224 g/mol. The summed E-state index contributed by atoms with van der Waals surface area (Å²) >= 11 is 0. The summed E-state index contributed by atoms with van der Waals surface area (Å²) in [6.45, 7) is 0. The van der Waals surface area contributed by atoms with E-state index in [1.165, 1.54) is 12.1 Å². The van der Waals surface area contributed by atoms with E-state index in [2.05, 4.69) is 0 Å². The van der Waals surface area contributed by atoms with Gasteiger partial charge in [0.15, 0.2) is 0 Å². The van der Waals surface area contributed by atoms with Gasteiger partial charge in [0.1, 0.15) is 24.0 Å². The average Bonchev–Trinajstić information content (AvgIpc) is 2.63. The molecule has 0 aromatic heterocycles. The van der Waals surface area contributed by atoms with Crippen molar-refractivity contribution in [2.45, 2.75) is 31.5 Å². The molecule has 16 heavy (non-hydrogen) atoms. The van der Waals surface area contributed by atoms with Gasteiger partial charge in [-0.05, 0) is 31.4 Å². The van der Waals surface area contributed by atoms with Gasteiger partial charge in [-0.1, -0.05) is 0 Å². The van der Waals surface area contributed by atoms with Crippen LogP contribution in [0, 0.1) is 5.82 Å². The Bertz CT molecular complexity index is 392. The van der Waals surface area contributed by atoms with E-state index in [1.54, 1.807) is 0 Å². The summed E-state index contributed by atoms with van der Waals surface area (Å²) in [6, 6.07) is 3.84. The fraction of sp³-hybridized carbons (Fsp3) is 0.417. The zero-order valence-electron chi connectivity index (χ0n) is 8.73. The van der Waals surface area contributed by atoms with E-state index in [1.807, 2.05) is 0 Å². The Hall–Kier alpha value is -1.42. The van der Waals surface area contributed by atoms with Crippen molar-refractivity contribution in [3.63, 3.8) is 0 Å². The van der Waals surface area contributed by atoms with Crippen LogP contribution in [0.3, 0.4) is 0 Å². The molecule has 0 saturated heterocycles. The molecule has 0 aliphatic heterocycles. The lowest BCUT2D eigenvalue weighted by atomic mass is 10.2.